The molecule has 0 aliphatic heterocycles. The van der Waals surface area contributed by atoms with E-state index in [0.29, 0.717) is 5.56 Å². The standard InChI is InChI=1S/C14H11F4N/c15-11-7-5-10(6-8-11)9-19-13-4-2-1-3-12(13)14(16,17)18/h1-8,19H,9H2. The molecule has 0 spiro atoms. The second-order valence-corrected chi connectivity index (χ2v) is 4.02. The van der Waals surface area contributed by atoms with Gasteiger partial charge in [-0.1, -0.05) is 24.3 Å². The molecule has 0 radical (unpaired) electrons. The number of alkyl halides is 3. The van der Waals surface area contributed by atoms with Gasteiger partial charge in [0, 0.05) is 12.2 Å². The molecule has 0 atom stereocenters. The molecule has 1 N–H and O–H groups in total. The predicted molar refractivity (Wildman–Crippen MR) is 65.2 cm³/mol. The lowest BCUT2D eigenvalue weighted by Gasteiger charge is -2.14. The first kappa shape index (κ1) is 13.4. The monoisotopic (exact) mass is 269 g/mol. The molecule has 0 saturated heterocycles. The molecule has 1 nitrogen and oxygen atoms in total. The average Bonchev–Trinajstić information content (AvgIpc) is 2.37. The predicted octanol–water partition coefficient (Wildman–Crippen LogP) is 4.46. The quantitative estimate of drug-likeness (QED) is 0.811. The Labute approximate surface area is 107 Å². The third-order valence-electron chi connectivity index (χ3n) is 2.63. The molecule has 0 fully saturated rings. The molecule has 0 heterocycles. The smallest absolute Gasteiger partial charge is 0.380 e. The largest absolute Gasteiger partial charge is 0.418 e. The van der Waals surface area contributed by atoms with Gasteiger partial charge >= 0.3 is 6.18 Å². The molecule has 0 unspecified atom stereocenters. The van der Waals surface area contributed by atoms with Crippen molar-refractivity contribution in [3.8, 4) is 0 Å². The Morgan fingerprint density at radius 3 is 2.16 bits per heavy atom. The molecule has 0 aliphatic rings. The van der Waals surface area contributed by atoms with Gasteiger partial charge in [-0.25, -0.2) is 4.39 Å². The van der Waals surface area contributed by atoms with E-state index in [1.54, 1.807) is 0 Å². The van der Waals surface area contributed by atoms with Gasteiger partial charge in [-0.15, -0.1) is 0 Å². The number of nitrogens with one attached hydrogen (secondary N) is 1. The third-order valence-corrected chi connectivity index (χ3v) is 2.63. The number of halogens is 4. The van der Waals surface area contributed by atoms with E-state index >= 15 is 0 Å². The van der Waals surface area contributed by atoms with E-state index in [0.717, 1.165) is 6.07 Å². The minimum Gasteiger partial charge on any atom is -0.380 e. The van der Waals surface area contributed by atoms with Crippen molar-refractivity contribution in [1.82, 2.24) is 0 Å². The van der Waals surface area contributed by atoms with Crippen LogP contribution in [0.2, 0.25) is 0 Å². The van der Waals surface area contributed by atoms with Crippen molar-refractivity contribution in [2.45, 2.75) is 12.7 Å². The Kier molecular flexibility index (Phi) is 3.74. The molecule has 0 aromatic heterocycles. The van der Waals surface area contributed by atoms with Crippen LogP contribution in [0.3, 0.4) is 0 Å². The van der Waals surface area contributed by atoms with Gasteiger partial charge < -0.3 is 5.32 Å². The summed E-state index contributed by atoms with van der Waals surface area (Å²) in [7, 11) is 0. The van der Waals surface area contributed by atoms with Crippen LogP contribution in [0.4, 0.5) is 23.2 Å². The molecule has 0 bridgehead atoms. The highest BCUT2D eigenvalue weighted by molar-refractivity contribution is 5.52. The Balaban J connectivity index is 2.14. The number of rotatable bonds is 3. The molecule has 100 valence electrons. The molecule has 5 heteroatoms. The van der Waals surface area contributed by atoms with Crippen molar-refractivity contribution in [2.24, 2.45) is 0 Å². The summed E-state index contributed by atoms with van der Waals surface area (Å²) in [6, 6.07) is 10.9. The minimum atomic E-state index is -4.40. The maximum atomic E-state index is 12.7. The highest BCUT2D eigenvalue weighted by Crippen LogP contribution is 2.34. The molecule has 0 saturated carbocycles. The van der Waals surface area contributed by atoms with E-state index < -0.39 is 11.7 Å². The molecule has 19 heavy (non-hydrogen) atoms. The number of para-hydroxylation sites is 1. The average molecular weight is 269 g/mol. The van der Waals surface area contributed by atoms with Gasteiger partial charge in [0.1, 0.15) is 5.82 Å². The first-order valence-electron chi connectivity index (χ1n) is 5.61. The fourth-order valence-corrected chi connectivity index (χ4v) is 1.68. The van der Waals surface area contributed by atoms with Crippen molar-refractivity contribution in [3.63, 3.8) is 0 Å². The van der Waals surface area contributed by atoms with Crippen LogP contribution < -0.4 is 5.32 Å². The topological polar surface area (TPSA) is 12.0 Å². The highest BCUT2D eigenvalue weighted by Gasteiger charge is 2.32. The van der Waals surface area contributed by atoms with Crippen molar-refractivity contribution < 1.29 is 17.6 Å². The maximum absolute atomic E-state index is 12.7. The van der Waals surface area contributed by atoms with E-state index in [1.807, 2.05) is 0 Å². The molecule has 2 rings (SSSR count). The van der Waals surface area contributed by atoms with Crippen LogP contribution in [0.15, 0.2) is 48.5 Å². The Bertz CT molecular complexity index is 546. The molecule has 2 aromatic rings. The third kappa shape index (κ3) is 3.47. The molecular weight excluding hydrogens is 258 g/mol. The zero-order chi connectivity index (χ0) is 13.9. The van der Waals surface area contributed by atoms with E-state index in [-0.39, 0.29) is 18.0 Å². The summed E-state index contributed by atoms with van der Waals surface area (Å²) in [6.07, 6.45) is -4.40. The normalized spacial score (nSPS) is 11.4. The van der Waals surface area contributed by atoms with Crippen LogP contribution in [0.25, 0.3) is 0 Å². The van der Waals surface area contributed by atoms with Crippen molar-refractivity contribution >= 4 is 5.69 Å². The van der Waals surface area contributed by atoms with Gasteiger partial charge in [0.2, 0.25) is 0 Å². The van der Waals surface area contributed by atoms with Gasteiger partial charge in [0.05, 0.1) is 5.56 Å². The van der Waals surface area contributed by atoms with Crippen LogP contribution in [0.1, 0.15) is 11.1 Å². The van der Waals surface area contributed by atoms with Crippen LogP contribution in [0, 0.1) is 5.82 Å². The van der Waals surface area contributed by atoms with Gasteiger partial charge in [-0.3, -0.25) is 0 Å². The highest BCUT2D eigenvalue weighted by atomic mass is 19.4. The van der Waals surface area contributed by atoms with Gasteiger partial charge in [0.15, 0.2) is 0 Å². The van der Waals surface area contributed by atoms with E-state index in [9.17, 15) is 17.6 Å². The lowest BCUT2D eigenvalue weighted by molar-refractivity contribution is -0.136. The first-order valence-corrected chi connectivity index (χ1v) is 5.61. The number of anilines is 1. The summed E-state index contributed by atoms with van der Waals surface area (Å²) in [5.74, 6) is -0.376. The van der Waals surface area contributed by atoms with Crippen molar-refractivity contribution in [1.29, 1.82) is 0 Å². The minimum absolute atomic E-state index is 0.0133. The summed E-state index contributed by atoms with van der Waals surface area (Å²) < 4.78 is 50.9. The van der Waals surface area contributed by atoms with Gasteiger partial charge in [-0.05, 0) is 29.8 Å². The van der Waals surface area contributed by atoms with Gasteiger partial charge in [-0.2, -0.15) is 13.2 Å². The molecule has 0 aliphatic carbocycles. The van der Waals surface area contributed by atoms with E-state index in [1.165, 1.54) is 42.5 Å². The van der Waals surface area contributed by atoms with Crippen LogP contribution >= 0.6 is 0 Å². The van der Waals surface area contributed by atoms with Crippen molar-refractivity contribution in [3.05, 3.63) is 65.5 Å². The number of benzene rings is 2. The van der Waals surface area contributed by atoms with Gasteiger partial charge in [0.25, 0.3) is 0 Å². The van der Waals surface area contributed by atoms with Crippen molar-refractivity contribution in [2.75, 3.05) is 5.32 Å². The lowest BCUT2D eigenvalue weighted by atomic mass is 10.1. The van der Waals surface area contributed by atoms with E-state index in [4.69, 9.17) is 0 Å². The summed E-state index contributed by atoms with van der Waals surface area (Å²) in [5, 5.41) is 2.71. The Morgan fingerprint density at radius 2 is 1.53 bits per heavy atom. The molecular formula is C14H11F4N. The Morgan fingerprint density at radius 1 is 0.895 bits per heavy atom. The summed E-state index contributed by atoms with van der Waals surface area (Å²) in [4.78, 5) is 0. The van der Waals surface area contributed by atoms with Crippen LogP contribution in [-0.2, 0) is 12.7 Å². The zero-order valence-corrected chi connectivity index (χ0v) is 9.84. The Hall–Kier alpha value is -2.04. The molecule has 0 amide bonds. The number of hydrogen-bond acceptors (Lipinski definition) is 1. The fourth-order valence-electron chi connectivity index (χ4n) is 1.68. The fraction of sp³-hybridized carbons (Fsp3) is 0.143. The summed E-state index contributed by atoms with van der Waals surface area (Å²) in [5.41, 5.74) is 0.00909. The van der Waals surface area contributed by atoms with Crippen LogP contribution in [0.5, 0.6) is 0 Å². The lowest BCUT2D eigenvalue weighted by Crippen LogP contribution is -2.10. The molecule has 2 aromatic carbocycles. The second kappa shape index (κ2) is 5.30. The number of hydrogen-bond donors (Lipinski definition) is 1. The second-order valence-electron chi connectivity index (χ2n) is 4.02. The zero-order valence-electron chi connectivity index (χ0n) is 9.84. The van der Waals surface area contributed by atoms with E-state index in [2.05, 4.69) is 5.32 Å². The van der Waals surface area contributed by atoms with Crippen LogP contribution in [-0.4, -0.2) is 0 Å². The summed E-state index contributed by atoms with van der Waals surface area (Å²) in [6.45, 7) is 0.202. The maximum Gasteiger partial charge on any atom is 0.418 e. The SMILES string of the molecule is Fc1ccc(CNc2ccccc2C(F)(F)F)cc1. The first-order chi connectivity index (χ1) is 8.97. The summed E-state index contributed by atoms with van der Waals surface area (Å²) >= 11 is 0.